The normalized spacial score (nSPS) is 17.9. The summed E-state index contributed by atoms with van der Waals surface area (Å²) in [7, 11) is 0. The van der Waals surface area contributed by atoms with Crippen molar-refractivity contribution >= 4 is 11.4 Å². The molecule has 0 fully saturated rings. The van der Waals surface area contributed by atoms with E-state index in [1.54, 1.807) is 0 Å². The summed E-state index contributed by atoms with van der Waals surface area (Å²) in [4.78, 5) is 5.13. The Labute approximate surface area is 167 Å². The van der Waals surface area contributed by atoms with Gasteiger partial charge in [0.05, 0.1) is 0 Å². The average Bonchev–Trinajstić information content (AvgIpc) is 3.18. The summed E-state index contributed by atoms with van der Waals surface area (Å²) in [5, 5.41) is 0. The molecule has 0 saturated carbocycles. The summed E-state index contributed by atoms with van der Waals surface area (Å²) in [6.07, 6.45) is 1.16. The topological polar surface area (TPSA) is 6.48 Å². The summed E-state index contributed by atoms with van der Waals surface area (Å²) in [5.41, 5.74) is 12.3. The van der Waals surface area contributed by atoms with Crippen molar-refractivity contribution in [3.05, 3.63) is 106 Å². The van der Waals surface area contributed by atoms with Crippen LogP contribution in [0, 0.1) is 20.8 Å². The zero-order valence-corrected chi connectivity index (χ0v) is 17.0. The molecule has 2 aliphatic heterocycles. The molecule has 0 aromatic heterocycles. The van der Waals surface area contributed by atoms with Crippen LogP contribution in [0.2, 0.25) is 0 Å². The highest BCUT2D eigenvalue weighted by atomic mass is 15.4. The molecule has 0 bridgehead atoms. The van der Waals surface area contributed by atoms with Gasteiger partial charge < -0.3 is 9.80 Å². The Bertz CT molecular complexity index is 1090. The number of fused-ring (bicyclic) bond motifs is 3. The van der Waals surface area contributed by atoms with Gasteiger partial charge in [0.25, 0.3) is 0 Å². The van der Waals surface area contributed by atoms with E-state index in [2.05, 4.69) is 104 Å². The van der Waals surface area contributed by atoms with Gasteiger partial charge in [-0.05, 0) is 62.1 Å². The minimum Gasteiger partial charge on any atom is -0.318 e. The summed E-state index contributed by atoms with van der Waals surface area (Å²) in [5.74, 6) is 0. The number of anilines is 2. The number of para-hydroxylation sites is 2. The highest BCUT2D eigenvalue weighted by molar-refractivity contribution is 5.76. The molecule has 2 nitrogen and oxygen atoms in total. The van der Waals surface area contributed by atoms with Crippen LogP contribution >= 0.6 is 0 Å². The van der Waals surface area contributed by atoms with Gasteiger partial charge in [-0.2, -0.15) is 0 Å². The lowest BCUT2D eigenvalue weighted by Gasteiger charge is -2.36. The number of hydrogen-bond acceptors (Lipinski definition) is 2. The van der Waals surface area contributed by atoms with E-state index in [0.29, 0.717) is 0 Å². The molecular weight excluding hydrogens is 340 g/mol. The lowest BCUT2D eigenvalue weighted by atomic mass is 9.98. The minimum absolute atomic E-state index is 0.154. The Morgan fingerprint density at radius 3 is 1.96 bits per heavy atom. The number of aryl methyl sites for hydroxylation is 3. The van der Waals surface area contributed by atoms with Gasteiger partial charge in [0.2, 0.25) is 0 Å². The summed E-state index contributed by atoms with van der Waals surface area (Å²) in [6.45, 7) is 8.99. The third-order valence-electron chi connectivity index (χ3n) is 6.34. The Morgan fingerprint density at radius 1 is 0.643 bits per heavy atom. The highest BCUT2D eigenvalue weighted by Crippen LogP contribution is 2.52. The van der Waals surface area contributed by atoms with E-state index in [1.165, 1.54) is 50.6 Å². The van der Waals surface area contributed by atoms with Crippen LogP contribution in [0.25, 0.3) is 0 Å². The number of hydrogen-bond donors (Lipinski definition) is 0. The maximum absolute atomic E-state index is 2.58. The SMILES string of the molecule is CC1=C2Cc3ccccc3N2C(c2c(C)cccc2C)N1c1ccccc1C. The maximum atomic E-state index is 2.58. The smallest absolute Gasteiger partial charge is 0.137 e. The van der Waals surface area contributed by atoms with Gasteiger partial charge in [0.15, 0.2) is 0 Å². The Morgan fingerprint density at radius 2 is 1.25 bits per heavy atom. The van der Waals surface area contributed by atoms with E-state index < -0.39 is 0 Å². The molecule has 2 heteroatoms. The van der Waals surface area contributed by atoms with E-state index in [9.17, 15) is 0 Å². The van der Waals surface area contributed by atoms with Gasteiger partial charge in [-0.25, -0.2) is 0 Å². The van der Waals surface area contributed by atoms with Crippen LogP contribution in [0.5, 0.6) is 0 Å². The van der Waals surface area contributed by atoms with Crippen molar-refractivity contribution in [3.63, 3.8) is 0 Å². The zero-order chi connectivity index (χ0) is 19.4. The molecule has 0 amide bonds. The number of allylic oxidation sites excluding steroid dienone is 2. The fourth-order valence-corrected chi connectivity index (χ4v) is 4.96. The molecule has 28 heavy (non-hydrogen) atoms. The number of nitrogens with zero attached hydrogens (tertiary/aromatic N) is 2. The fraction of sp³-hybridized carbons (Fsp3) is 0.231. The highest BCUT2D eigenvalue weighted by Gasteiger charge is 2.44. The molecule has 0 saturated heterocycles. The molecule has 5 rings (SSSR count). The van der Waals surface area contributed by atoms with E-state index in [1.807, 2.05) is 0 Å². The van der Waals surface area contributed by atoms with Crippen LogP contribution in [0.1, 0.15) is 40.9 Å². The Balaban J connectivity index is 1.78. The molecule has 3 aromatic rings. The van der Waals surface area contributed by atoms with Crippen LogP contribution in [-0.4, -0.2) is 0 Å². The standard InChI is InChI=1S/C26H26N2/c1-17-10-5-7-14-22(17)27-20(4)24-16-21-13-6-8-15-23(21)28(24)26(27)25-18(2)11-9-12-19(25)3/h5-15,26H,16H2,1-4H3. The van der Waals surface area contributed by atoms with Crippen LogP contribution in [-0.2, 0) is 6.42 Å². The van der Waals surface area contributed by atoms with Gasteiger partial charge in [-0.15, -0.1) is 0 Å². The van der Waals surface area contributed by atoms with Crippen LogP contribution in [0.15, 0.2) is 78.1 Å². The third kappa shape index (κ3) is 2.34. The summed E-state index contributed by atoms with van der Waals surface area (Å²) in [6, 6.07) is 24.3. The van der Waals surface area contributed by atoms with Gasteiger partial charge in [0.1, 0.15) is 6.17 Å². The molecule has 3 aromatic carbocycles. The molecule has 2 heterocycles. The molecule has 2 aliphatic rings. The van der Waals surface area contributed by atoms with Crippen molar-refractivity contribution in [3.8, 4) is 0 Å². The Hall–Kier alpha value is -3.00. The van der Waals surface area contributed by atoms with Crippen LogP contribution in [0.4, 0.5) is 11.4 Å². The van der Waals surface area contributed by atoms with Crippen molar-refractivity contribution in [1.82, 2.24) is 0 Å². The number of rotatable bonds is 2. The predicted molar refractivity (Wildman–Crippen MR) is 118 cm³/mol. The quantitative estimate of drug-likeness (QED) is 0.516. The molecule has 1 unspecified atom stereocenters. The average molecular weight is 367 g/mol. The van der Waals surface area contributed by atoms with Crippen molar-refractivity contribution in [1.29, 1.82) is 0 Å². The van der Waals surface area contributed by atoms with E-state index >= 15 is 0 Å². The first-order chi connectivity index (χ1) is 13.6. The molecule has 0 radical (unpaired) electrons. The second-order valence-electron chi connectivity index (χ2n) is 8.04. The van der Waals surface area contributed by atoms with Gasteiger partial charge in [-0.3, -0.25) is 0 Å². The van der Waals surface area contributed by atoms with E-state index in [-0.39, 0.29) is 6.17 Å². The Kier molecular flexibility index (Phi) is 3.83. The second kappa shape index (κ2) is 6.27. The zero-order valence-electron chi connectivity index (χ0n) is 17.0. The molecule has 0 spiro atoms. The molecule has 0 N–H and O–H groups in total. The first-order valence-corrected chi connectivity index (χ1v) is 10.1. The number of benzene rings is 3. The third-order valence-corrected chi connectivity index (χ3v) is 6.34. The lowest BCUT2D eigenvalue weighted by molar-refractivity contribution is 0.707. The lowest BCUT2D eigenvalue weighted by Crippen LogP contribution is -2.33. The molecule has 0 aliphatic carbocycles. The minimum atomic E-state index is 0.154. The van der Waals surface area contributed by atoms with Crippen molar-refractivity contribution in [2.45, 2.75) is 40.3 Å². The summed E-state index contributed by atoms with van der Waals surface area (Å²) < 4.78 is 0. The van der Waals surface area contributed by atoms with E-state index in [0.717, 1.165) is 6.42 Å². The van der Waals surface area contributed by atoms with Gasteiger partial charge in [0, 0.05) is 34.8 Å². The van der Waals surface area contributed by atoms with Crippen molar-refractivity contribution < 1.29 is 0 Å². The molecular formula is C26H26N2. The molecule has 1 atom stereocenters. The second-order valence-corrected chi connectivity index (χ2v) is 8.04. The molecule has 140 valence electrons. The maximum Gasteiger partial charge on any atom is 0.137 e. The van der Waals surface area contributed by atoms with Crippen LogP contribution < -0.4 is 9.80 Å². The van der Waals surface area contributed by atoms with E-state index in [4.69, 9.17) is 0 Å². The summed E-state index contributed by atoms with van der Waals surface area (Å²) >= 11 is 0. The monoisotopic (exact) mass is 366 g/mol. The van der Waals surface area contributed by atoms with Crippen molar-refractivity contribution in [2.24, 2.45) is 0 Å². The fourth-order valence-electron chi connectivity index (χ4n) is 4.96. The van der Waals surface area contributed by atoms with Crippen molar-refractivity contribution in [2.75, 3.05) is 9.80 Å². The first kappa shape index (κ1) is 17.1. The van der Waals surface area contributed by atoms with Gasteiger partial charge >= 0.3 is 0 Å². The largest absolute Gasteiger partial charge is 0.318 e. The van der Waals surface area contributed by atoms with Gasteiger partial charge in [-0.1, -0.05) is 54.6 Å². The first-order valence-electron chi connectivity index (χ1n) is 10.1. The van der Waals surface area contributed by atoms with Crippen LogP contribution in [0.3, 0.4) is 0 Å². The predicted octanol–water partition coefficient (Wildman–Crippen LogP) is 6.42.